The van der Waals surface area contributed by atoms with Crippen molar-refractivity contribution in [2.45, 2.75) is 64.2 Å². The number of hydrogen-bond donors (Lipinski definition) is 1. The molecule has 0 heterocycles. The van der Waals surface area contributed by atoms with E-state index in [1.165, 1.54) is 14.2 Å². The Labute approximate surface area is 169 Å². The Bertz CT molecular complexity index is 229. The van der Waals surface area contributed by atoms with Gasteiger partial charge in [0.25, 0.3) is 0 Å². The molecule has 0 aromatic heterocycles. The third-order valence-electron chi connectivity index (χ3n) is 2.61. The van der Waals surface area contributed by atoms with E-state index in [4.69, 9.17) is 26.6 Å². The van der Waals surface area contributed by atoms with Crippen molar-refractivity contribution in [3.63, 3.8) is 0 Å². The van der Waals surface area contributed by atoms with E-state index in [9.17, 15) is 0 Å². The second kappa shape index (κ2) is 23.4. The van der Waals surface area contributed by atoms with E-state index in [2.05, 4.69) is 8.85 Å². The van der Waals surface area contributed by atoms with Crippen LogP contribution in [0.2, 0.25) is 19.6 Å². The van der Waals surface area contributed by atoms with Crippen molar-refractivity contribution in [3.8, 4) is 0 Å². The summed E-state index contributed by atoms with van der Waals surface area (Å²) in [5.41, 5.74) is 0. The van der Waals surface area contributed by atoms with Crippen LogP contribution in [0.1, 0.15) is 44.6 Å². The lowest BCUT2D eigenvalue weighted by molar-refractivity contribution is 0.0964. The molecule has 0 bridgehead atoms. The fraction of sp³-hybridized carbons (Fsp3) is 1.00. The zero-order chi connectivity index (χ0) is 16.4. The van der Waals surface area contributed by atoms with Crippen LogP contribution in [-0.4, -0.2) is 73.9 Å². The van der Waals surface area contributed by atoms with Crippen LogP contribution < -0.4 is 0 Å². The lowest BCUT2D eigenvalue weighted by Gasteiger charge is -2.31. The average molecular weight is 445 g/mol. The third kappa shape index (κ3) is 22.4. The van der Waals surface area contributed by atoms with Gasteiger partial charge in [-0.05, 0) is 0 Å². The van der Waals surface area contributed by atoms with Gasteiger partial charge in [0, 0.05) is 62.3 Å². The molecule has 0 radical (unpaired) electrons. The van der Waals surface area contributed by atoms with Crippen LogP contribution in [0.15, 0.2) is 0 Å². The third-order valence-corrected chi connectivity index (χ3v) is 10.1. The van der Waals surface area contributed by atoms with Gasteiger partial charge in [0.15, 0.2) is 0 Å². The molecule has 26 heavy (non-hydrogen) atoms. The summed E-state index contributed by atoms with van der Waals surface area (Å²) in [6.45, 7) is 5.12. The van der Waals surface area contributed by atoms with Crippen molar-refractivity contribution in [3.05, 3.63) is 0 Å². The minimum absolute atomic E-state index is 0. The standard InChI is InChI=1S/C6H18O5Si2.C3H10O3Si.6CH4/c1-7-12(5,8-2)11-13(6,9-3)10-4;1-5-7(3,4)6-2;;;;;;/h1-6H3;4H,1-3H3;6*1H4. The van der Waals surface area contributed by atoms with Crippen molar-refractivity contribution in [1.82, 2.24) is 0 Å². The van der Waals surface area contributed by atoms with Crippen LogP contribution in [0.4, 0.5) is 0 Å². The molecular weight excluding hydrogens is 392 g/mol. The minimum Gasteiger partial charge on any atom is -0.390 e. The predicted molar refractivity (Wildman–Crippen MR) is 121 cm³/mol. The molecule has 0 aromatic rings. The fourth-order valence-electron chi connectivity index (χ4n) is 0.753. The highest BCUT2D eigenvalue weighted by atomic mass is 28.5. The molecule has 0 saturated heterocycles. The summed E-state index contributed by atoms with van der Waals surface area (Å²) in [6, 6.07) is 0. The smallest absolute Gasteiger partial charge is 0.390 e. The molecule has 0 fully saturated rings. The zero-order valence-corrected chi connectivity index (χ0v) is 16.8. The summed E-state index contributed by atoms with van der Waals surface area (Å²) in [5, 5.41) is 0. The van der Waals surface area contributed by atoms with E-state index >= 15 is 0 Å². The summed E-state index contributed by atoms with van der Waals surface area (Å²) in [5.74, 6) is 0. The van der Waals surface area contributed by atoms with Gasteiger partial charge in [-0.15, -0.1) is 0 Å². The molecule has 1 N–H and O–H groups in total. The predicted octanol–water partition coefficient (Wildman–Crippen LogP) is 4.38. The molecule has 172 valence electrons. The van der Waals surface area contributed by atoms with Gasteiger partial charge in [-0.2, -0.15) is 0 Å². The van der Waals surface area contributed by atoms with Crippen molar-refractivity contribution in [1.29, 1.82) is 0 Å². The van der Waals surface area contributed by atoms with E-state index in [0.717, 1.165) is 0 Å². The quantitative estimate of drug-likeness (QED) is 0.552. The van der Waals surface area contributed by atoms with Gasteiger partial charge in [0.05, 0.1) is 0 Å². The summed E-state index contributed by atoms with van der Waals surface area (Å²) in [7, 11) is 1.28. The van der Waals surface area contributed by atoms with Gasteiger partial charge < -0.3 is 35.5 Å². The van der Waals surface area contributed by atoms with Gasteiger partial charge in [0.1, 0.15) is 0 Å². The van der Waals surface area contributed by atoms with Crippen LogP contribution in [0, 0.1) is 0 Å². The van der Waals surface area contributed by atoms with Crippen molar-refractivity contribution in [2.24, 2.45) is 0 Å². The molecule has 0 aliphatic heterocycles. The highest BCUT2D eigenvalue weighted by Crippen LogP contribution is 2.16. The monoisotopic (exact) mass is 444 g/mol. The van der Waals surface area contributed by atoms with Crippen LogP contribution in [0.3, 0.4) is 0 Å². The Hall–Kier alpha value is 0.331. The highest BCUT2D eigenvalue weighted by molar-refractivity contribution is 6.73. The summed E-state index contributed by atoms with van der Waals surface area (Å²) in [6.07, 6.45) is 0. The molecule has 0 amide bonds. The van der Waals surface area contributed by atoms with Crippen LogP contribution in [0.5, 0.6) is 0 Å². The Morgan fingerprint density at radius 2 is 0.654 bits per heavy atom. The first-order chi connectivity index (χ1) is 9.07. The Morgan fingerprint density at radius 3 is 0.731 bits per heavy atom. The molecular formula is C15H52O8Si3. The van der Waals surface area contributed by atoms with Crippen LogP contribution >= 0.6 is 0 Å². The summed E-state index contributed by atoms with van der Waals surface area (Å²) in [4.78, 5) is 8.83. The topological polar surface area (TPSA) is 84.8 Å². The largest absolute Gasteiger partial charge is 0.494 e. The molecule has 0 aromatic carbocycles. The molecule has 0 aliphatic carbocycles. The molecule has 0 unspecified atom stereocenters. The van der Waals surface area contributed by atoms with Crippen molar-refractivity contribution < 1.29 is 35.5 Å². The van der Waals surface area contributed by atoms with E-state index in [0.29, 0.717) is 0 Å². The van der Waals surface area contributed by atoms with E-state index in [1.54, 1.807) is 48.1 Å². The SMILES string of the molecule is C.C.C.C.C.C.CO[Si](C)(O)OC.CO[Si](C)(OC)O[Si](C)(OC)OC. The number of hydrogen-bond acceptors (Lipinski definition) is 8. The fourth-order valence-corrected chi connectivity index (χ4v) is 5.28. The highest BCUT2D eigenvalue weighted by Gasteiger charge is 2.45. The van der Waals surface area contributed by atoms with Gasteiger partial charge in [-0.25, -0.2) is 0 Å². The first-order valence-electron chi connectivity index (χ1n) is 5.81. The van der Waals surface area contributed by atoms with E-state index in [1.807, 2.05) is 0 Å². The lowest BCUT2D eigenvalue weighted by atomic mass is 11.8. The molecule has 0 rings (SSSR count). The van der Waals surface area contributed by atoms with Gasteiger partial charge in [0.2, 0.25) is 0 Å². The van der Waals surface area contributed by atoms with Crippen molar-refractivity contribution >= 4 is 26.4 Å². The van der Waals surface area contributed by atoms with Gasteiger partial charge >= 0.3 is 26.4 Å². The van der Waals surface area contributed by atoms with Crippen LogP contribution in [0.25, 0.3) is 0 Å². The second-order valence-electron chi connectivity index (χ2n) is 3.95. The summed E-state index contributed by atoms with van der Waals surface area (Å²) >= 11 is 0. The lowest BCUT2D eigenvalue weighted by Crippen LogP contribution is -2.53. The Kier molecular flexibility index (Phi) is 45.2. The maximum Gasteiger partial charge on any atom is 0.494 e. The molecule has 0 atom stereocenters. The molecule has 8 nitrogen and oxygen atoms in total. The molecule has 0 saturated carbocycles. The van der Waals surface area contributed by atoms with Crippen molar-refractivity contribution in [2.75, 3.05) is 42.7 Å². The second-order valence-corrected chi connectivity index (χ2v) is 12.5. The Balaban J connectivity index is -0.0000000372. The summed E-state index contributed by atoms with van der Waals surface area (Å²) < 4.78 is 35.4. The van der Waals surface area contributed by atoms with Gasteiger partial charge in [-0.3, -0.25) is 0 Å². The maximum absolute atomic E-state index is 8.83. The van der Waals surface area contributed by atoms with E-state index in [-0.39, 0.29) is 44.6 Å². The normalized spacial score (nSPS) is 9.92. The molecule has 11 heteroatoms. The Morgan fingerprint density at radius 1 is 0.462 bits per heavy atom. The maximum atomic E-state index is 8.83. The minimum atomic E-state index is -2.65. The van der Waals surface area contributed by atoms with Gasteiger partial charge in [-0.1, -0.05) is 44.6 Å². The van der Waals surface area contributed by atoms with Crippen LogP contribution in [-0.2, 0) is 30.7 Å². The molecule has 0 aliphatic rings. The first-order valence-corrected chi connectivity index (χ1v) is 12.5. The van der Waals surface area contributed by atoms with E-state index < -0.39 is 26.4 Å². The number of rotatable bonds is 8. The first kappa shape index (κ1) is 50.3. The average Bonchev–Trinajstić information content (AvgIpc) is 2.47. The molecule has 0 spiro atoms. The zero-order valence-electron chi connectivity index (χ0n) is 13.8.